The zero-order valence-electron chi connectivity index (χ0n) is 21.0. The zero-order chi connectivity index (χ0) is 27.7. The van der Waals surface area contributed by atoms with Gasteiger partial charge in [0, 0.05) is 31.0 Å². The van der Waals surface area contributed by atoms with Gasteiger partial charge in [-0.05, 0) is 54.8 Å². The Morgan fingerprint density at radius 1 is 0.949 bits per heavy atom. The number of pyridine rings is 1. The van der Waals surface area contributed by atoms with Crippen LogP contribution in [0.1, 0.15) is 37.7 Å². The molecule has 0 radical (unpaired) electrons. The molecule has 4 aromatic rings. The molecule has 0 atom stereocenters. The highest BCUT2D eigenvalue weighted by atomic mass is 32.2. The van der Waals surface area contributed by atoms with Crippen LogP contribution in [0.3, 0.4) is 0 Å². The van der Waals surface area contributed by atoms with Gasteiger partial charge in [-0.2, -0.15) is 0 Å². The molecule has 204 valence electrons. The molecule has 0 spiro atoms. The van der Waals surface area contributed by atoms with E-state index in [1.165, 1.54) is 17.8 Å². The Kier molecular flexibility index (Phi) is 7.73. The monoisotopic (exact) mass is 575 g/mol. The number of aromatic nitrogens is 2. The summed E-state index contributed by atoms with van der Waals surface area (Å²) in [6.45, 7) is 0. The number of halogens is 4. The largest absolute Gasteiger partial charge is 0.348 e. The number of sulfone groups is 1. The number of thiazole rings is 1. The first-order chi connectivity index (χ1) is 18.7. The molecule has 1 aliphatic rings. The van der Waals surface area contributed by atoms with Crippen molar-refractivity contribution >= 4 is 26.3 Å². The number of benzene rings is 2. The fraction of sp³-hybridized carbons (Fsp3) is 0.286. The van der Waals surface area contributed by atoms with E-state index < -0.39 is 49.3 Å². The number of hydrogen-bond donors (Lipinski definition) is 0. The van der Waals surface area contributed by atoms with Gasteiger partial charge in [0.15, 0.2) is 15.0 Å². The summed E-state index contributed by atoms with van der Waals surface area (Å²) in [6.07, 6.45) is 8.46. The summed E-state index contributed by atoms with van der Waals surface area (Å²) in [5.74, 6) is -5.14. The van der Waals surface area contributed by atoms with Gasteiger partial charge in [0.25, 0.3) is 0 Å². The van der Waals surface area contributed by atoms with Gasteiger partial charge in [0.1, 0.15) is 28.2 Å². The maximum atomic E-state index is 16.0. The van der Waals surface area contributed by atoms with Crippen LogP contribution in [-0.4, -0.2) is 31.5 Å². The maximum Gasteiger partial charge on any atom is 0.186 e. The van der Waals surface area contributed by atoms with Gasteiger partial charge in [-0.15, -0.1) is 0 Å². The van der Waals surface area contributed by atoms with Gasteiger partial charge in [0.2, 0.25) is 0 Å². The second kappa shape index (κ2) is 11.1. The fourth-order valence-electron chi connectivity index (χ4n) is 4.87. The van der Waals surface area contributed by atoms with Crippen molar-refractivity contribution in [2.75, 3.05) is 11.9 Å². The first-order valence-electron chi connectivity index (χ1n) is 12.4. The van der Waals surface area contributed by atoms with Crippen molar-refractivity contribution in [3.63, 3.8) is 0 Å². The Morgan fingerprint density at radius 3 is 2.36 bits per heavy atom. The van der Waals surface area contributed by atoms with E-state index >= 15 is 8.78 Å². The van der Waals surface area contributed by atoms with E-state index in [1.807, 2.05) is 11.9 Å². The molecule has 0 aliphatic heterocycles. The number of nitrogens with zero attached hydrogens (tertiary/aromatic N) is 3. The molecule has 0 bridgehead atoms. The molecule has 1 aliphatic carbocycles. The van der Waals surface area contributed by atoms with E-state index in [1.54, 1.807) is 24.5 Å². The molecule has 11 heteroatoms. The van der Waals surface area contributed by atoms with Crippen LogP contribution in [0.2, 0.25) is 0 Å². The van der Waals surface area contributed by atoms with Gasteiger partial charge in [-0.25, -0.2) is 31.0 Å². The Balaban J connectivity index is 1.61. The summed E-state index contributed by atoms with van der Waals surface area (Å²) in [5.41, 5.74) is -0.172. The summed E-state index contributed by atoms with van der Waals surface area (Å²) >= 11 is 1.29. The van der Waals surface area contributed by atoms with Crippen molar-refractivity contribution < 1.29 is 26.0 Å². The molecule has 0 unspecified atom stereocenters. The molecule has 0 saturated heterocycles. The van der Waals surface area contributed by atoms with Crippen LogP contribution in [0, 0.1) is 23.3 Å². The molecule has 0 amide bonds. The summed E-state index contributed by atoms with van der Waals surface area (Å²) in [6, 6.07) is 7.64. The van der Waals surface area contributed by atoms with E-state index in [-0.39, 0.29) is 17.3 Å². The third kappa shape index (κ3) is 5.56. The van der Waals surface area contributed by atoms with Crippen molar-refractivity contribution in [3.05, 3.63) is 83.7 Å². The van der Waals surface area contributed by atoms with Gasteiger partial charge < -0.3 is 4.90 Å². The molecule has 39 heavy (non-hydrogen) atoms. The molecule has 1 fully saturated rings. The lowest BCUT2D eigenvalue weighted by Gasteiger charge is -2.30. The van der Waals surface area contributed by atoms with Gasteiger partial charge >= 0.3 is 0 Å². The average molecular weight is 576 g/mol. The van der Waals surface area contributed by atoms with Crippen molar-refractivity contribution in [3.8, 4) is 21.7 Å². The van der Waals surface area contributed by atoms with E-state index in [2.05, 4.69) is 9.97 Å². The standard InChI is InChI=1S/C28H25F4N3O2S2/c1-35(20-5-3-2-4-6-20)28-34-26(27(38-28)17-11-13-33-14-12-17)24-22(31)9-7-18(25(24)32)16-39(36,37)23-15-19(29)8-10-21(23)30/h7-15,20H,2-6,16H2,1H3. The third-order valence-electron chi connectivity index (χ3n) is 6.96. The van der Waals surface area contributed by atoms with E-state index in [9.17, 15) is 17.2 Å². The first-order valence-corrected chi connectivity index (χ1v) is 14.9. The number of rotatable bonds is 7. The lowest BCUT2D eigenvalue weighted by atomic mass is 9.95. The third-order valence-corrected chi connectivity index (χ3v) is 9.83. The first kappa shape index (κ1) is 27.3. The summed E-state index contributed by atoms with van der Waals surface area (Å²) in [5, 5.41) is 0.586. The molecular formula is C28H25F4N3O2S2. The van der Waals surface area contributed by atoms with Crippen LogP contribution in [0.15, 0.2) is 59.8 Å². The van der Waals surface area contributed by atoms with Crippen molar-refractivity contribution in [2.24, 2.45) is 0 Å². The Bertz CT molecular complexity index is 1600. The van der Waals surface area contributed by atoms with Gasteiger partial charge in [-0.3, -0.25) is 4.98 Å². The summed E-state index contributed by atoms with van der Waals surface area (Å²) < 4.78 is 85.0. The van der Waals surface area contributed by atoms with Crippen LogP contribution < -0.4 is 4.90 Å². The maximum absolute atomic E-state index is 16.0. The van der Waals surface area contributed by atoms with E-state index in [0.717, 1.165) is 43.9 Å². The summed E-state index contributed by atoms with van der Waals surface area (Å²) in [7, 11) is -2.58. The second-order valence-corrected chi connectivity index (χ2v) is 12.5. The Morgan fingerprint density at radius 2 is 1.64 bits per heavy atom. The summed E-state index contributed by atoms with van der Waals surface area (Å²) in [4.78, 5) is 10.3. The minimum Gasteiger partial charge on any atom is -0.348 e. The molecular weight excluding hydrogens is 550 g/mol. The van der Waals surface area contributed by atoms with E-state index in [0.29, 0.717) is 27.7 Å². The predicted molar refractivity (Wildman–Crippen MR) is 143 cm³/mol. The molecule has 5 nitrogen and oxygen atoms in total. The minimum atomic E-state index is -4.50. The van der Waals surface area contributed by atoms with Crippen molar-refractivity contribution in [2.45, 2.75) is 48.8 Å². The normalized spacial score (nSPS) is 14.5. The molecule has 2 heterocycles. The van der Waals surface area contributed by atoms with Gasteiger partial charge in [0.05, 0.1) is 21.9 Å². The van der Waals surface area contributed by atoms with E-state index in [4.69, 9.17) is 0 Å². The van der Waals surface area contributed by atoms with Crippen LogP contribution in [-0.2, 0) is 15.6 Å². The number of anilines is 1. The van der Waals surface area contributed by atoms with Crippen LogP contribution in [0.4, 0.5) is 22.7 Å². The number of hydrogen-bond acceptors (Lipinski definition) is 6. The van der Waals surface area contributed by atoms with Crippen LogP contribution >= 0.6 is 11.3 Å². The molecule has 5 rings (SSSR count). The van der Waals surface area contributed by atoms with Gasteiger partial charge in [-0.1, -0.05) is 36.7 Å². The molecule has 1 saturated carbocycles. The lowest BCUT2D eigenvalue weighted by molar-refractivity contribution is 0.427. The van der Waals surface area contributed by atoms with Crippen LogP contribution in [0.25, 0.3) is 21.7 Å². The smallest absolute Gasteiger partial charge is 0.186 e. The molecule has 0 N–H and O–H groups in total. The quantitative estimate of drug-likeness (QED) is 0.219. The van der Waals surface area contributed by atoms with Crippen LogP contribution in [0.5, 0.6) is 0 Å². The SMILES string of the molecule is CN(c1nc(-c2c(F)ccc(CS(=O)(=O)c3cc(F)ccc3F)c2F)c(-c2ccncc2)s1)C1CCCCC1. The predicted octanol–water partition coefficient (Wildman–Crippen LogP) is 7.17. The second-order valence-electron chi connectivity index (χ2n) is 9.54. The Hall–Kier alpha value is -3.31. The highest BCUT2D eigenvalue weighted by Crippen LogP contribution is 2.43. The fourth-order valence-corrected chi connectivity index (χ4v) is 7.43. The topological polar surface area (TPSA) is 63.2 Å². The minimum absolute atomic E-state index is 0.0371. The molecule has 2 aromatic carbocycles. The Labute approximate surface area is 228 Å². The zero-order valence-corrected chi connectivity index (χ0v) is 22.6. The highest BCUT2D eigenvalue weighted by molar-refractivity contribution is 7.90. The highest BCUT2D eigenvalue weighted by Gasteiger charge is 2.29. The molecule has 2 aromatic heterocycles. The van der Waals surface area contributed by atoms with Crippen molar-refractivity contribution in [1.29, 1.82) is 0 Å². The average Bonchev–Trinajstić information content (AvgIpc) is 3.37. The van der Waals surface area contributed by atoms with Crippen molar-refractivity contribution in [1.82, 2.24) is 9.97 Å². The lowest BCUT2D eigenvalue weighted by Crippen LogP contribution is -2.33.